The van der Waals surface area contributed by atoms with Crippen LogP contribution in [0.2, 0.25) is 10.0 Å². The van der Waals surface area contributed by atoms with Gasteiger partial charge >= 0.3 is 0 Å². The first-order chi connectivity index (χ1) is 13.6. The van der Waals surface area contributed by atoms with E-state index in [1.807, 2.05) is 53.9 Å². The Balaban J connectivity index is 1.56. The summed E-state index contributed by atoms with van der Waals surface area (Å²) in [7, 11) is 0. The van der Waals surface area contributed by atoms with Crippen molar-refractivity contribution in [3.05, 3.63) is 86.3 Å². The molecule has 0 radical (unpaired) electrons. The number of imidazole rings is 1. The van der Waals surface area contributed by atoms with E-state index < -0.39 is 0 Å². The summed E-state index contributed by atoms with van der Waals surface area (Å²) in [5, 5.41) is 5.93. The quantitative estimate of drug-likeness (QED) is 0.444. The first kappa shape index (κ1) is 19.0. The molecule has 0 saturated carbocycles. The highest BCUT2D eigenvalue weighted by Crippen LogP contribution is 2.24. The molecule has 0 saturated heterocycles. The smallest absolute Gasteiger partial charge is 0.261 e. The van der Waals surface area contributed by atoms with Crippen LogP contribution in [-0.4, -0.2) is 22.0 Å². The number of halogens is 2. The highest BCUT2D eigenvalue weighted by molar-refractivity contribution is 7.12. The van der Waals surface area contributed by atoms with E-state index in [1.54, 1.807) is 6.07 Å². The summed E-state index contributed by atoms with van der Waals surface area (Å²) in [6, 6.07) is 17.3. The van der Waals surface area contributed by atoms with Gasteiger partial charge in [0, 0.05) is 19.5 Å². The summed E-state index contributed by atoms with van der Waals surface area (Å²) < 4.78 is 2.16. The topological polar surface area (TPSA) is 46.9 Å². The zero-order valence-corrected chi connectivity index (χ0v) is 17.2. The third kappa shape index (κ3) is 4.07. The van der Waals surface area contributed by atoms with Crippen LogP contribution < -0.4 is 5.32 Å². The van der Waals surface area contributed by atoms with Gasteiger partial charge in [0.05, 0.1) is 26.0 Å². The lowest BCUT2D eigenvalue weighted by atomic mass is 10.2. The Kier molecular flexibility index (Phi) is 5.67. The molecular weight excluding hydrogens is 413 g/mol. The molecule has 0 unspecified atom stereocenters. The Bertz CT molecular complexity index is 1120. The highest BCUT2D eigenvalue weighted by Gasteiger charge is 2.13. The molecule has 0 aliphatic heterocycles. The minimum Gasteiger partial charge on any atom is -0.351 e. The molecule has 0 spiro atoms. The fourth-order valence-electron chi connectivity index (χ4n) is 3.10. The number of nitrogens with one attached hydrogen (secondary N) is 1. The van der Waals surface area contributed by atoms with Crippen molar-refractivity contribution in [2.24, 2.45) is 0 Å². The maximum atomic E-state index is 12.2. The molecule has 0 atom stereocenters. The molecule has 28 heavy (non-hydrogen) atoms. The van der Waals surface area contributed by atoms with Crippen molar-refractivity contribution >= 4 is 51.5 Å². The molecule has 1 amide bonds. The average Bonchev–Trinajstić information content (AvgIpc) is 3.34. The number of aromatic nitrogens is 2. The lowest BCUT2D eigenvalue weighted by molar-refractivity contribution is 0.0958. The summed E-state index contributed by atoms with van der Waals surface area (Å²) in [5.74, 6) is 0.862. The van der Waals surface area contributed by atoms with Crippen molar-refractivity contribution < 1.29 is 4.79 Å². The largest absolute Gasteiger partial charge is 0.351 e. The van der Waals surface area contributed by atoms with E-state index in [0.717, 1.165) is 22.4 Å². The van der Waals surface area contributed by atoms with Crippen molar-refractivity contribution in [2.45, 2.75) is 13.0 Å². The molecule has 2 aromatic heterocycles. The number of carbonyl (C=O) groups is 1. The Morgan fingerprint density at radius 2 is 1.93 bits per heavy atom. The van der Waals surface area contributed by atoms with Crippen molar-refractivity contribution in [1.29, 1.82) is 0 Å². The van der Waals surface area contributed by atoms with E-state index in [-0.39, 0.29) is 5.91 Å². The number of rotatable bonds is 6. The molecule has 1 N–H and O–H groups in total. The number of carbonyl (C=O) groups excluding carboxylic acids is 1. The van der Waals surface area contributed by atoms with E-state index in [9.17, 15) is 4.79 Å². The van der Waals surface area contributed by atoms with E-state index >= 15 is 0 Å². The number of para-hydroxylation sites is 2. The normalized spacial score (nSPS) is 11.1. The van der Waals surface area contributed by atoms with Crippen molar-refractivity contribution in [2.75, 3.05) is 6.54 Å². The van der Waals surface area contributed by atoms with E-state index in [4.69, 9.17) is 28.2 Å². The molecule has 0 aliphatic rings. The maximum Gasteiger partial charge on any atom is 0.261 e. The van der Waals surface area contributed by atoms with Crippen LogP contribution in [0.3, 0.4) is 0 Å². The minimum absolute atomic E-state index is 0.0536. The van der Waals surface area contributed by atoms with Gasteiger partial charge in [-0.15, -0.1) is 11.3 Å². The van der Waals surface area contributed by atoms with Gasteiger partial charge < -0.3 is 9.88 Å². The van der Waals surface area contributed by atoms with Crippen LogP contribution in [-0.2, 0) is 13.0 Å². The number of hydrogen-bond donors (Lipinski definition) is 1. The average molecular weight is 430 g/mol. The maximum absolute atomic E-state index is 12.2. The van der Waals surface area contributed by atoms with E-state index in [1.165, 1.54) is 11.3 Å². The van der Waals surface area contributed by atoms with Gasteiger partial charge in [-0.1, -0.05) is 47.5 Å². The van der Waals surface area contributed by atoms with Gasteiger partial charge in [0.2, 0.25) is 0 Å². The number of nitrogens with zero attached hydrogens (tertiary/aromatic N) is 2. The van der Waals surface area contributed by atoms with Gasteiger partial charge in [0.25, 0.3) is 5.91 Å². The van der Waals surface area contributed by atoms with Crippen LogP contribution in [0, 0.1) is 0 Å². The summed E-state index contributed by atoms with van der Waals surface area (Å²) in [6.07, 6.45) is 0.632. The third-order valence-corrected chi connectivity index (χ3v) is 6.05. The van der Waals surface area contributed by atoms with Gasteiger partial charge in [0.1, 0.15) is 5.82 Å². The second-order valence-electron chi connectivity index (χ2n) is 6.33. The van der Waals surface area contributed by atoms with Crippen LogP contribution >= 0.6 is 34.5 Å². The van der Waals surface area contributed by atoms with Gasteiger partial charge in [-0.3, -0.25) is 4.79 Å². The SMILES string of the molecule is O=C(NCCc1nc2ccccc2n1Cc1ccc(Cl)c(Cl)c1)c1cccs1. The summed E-state index contributed by atoms with van der Waals surface area (Å²) in [4.78, 5) is 17.6. The zero-order chi connectivity index (χ0) is 19.5. The standard InChI is InChI=1S/C21H17Cl2N3OS/c22-15-8-7-14(12-16(15)23)13-26-18-5-2-1-4-17(18)25-20(26)9-10-24-21(27)19-6-3-11-28-19/h1-8,11-12H,9-10,13H2,(H,24,27). The lowest BCUT2D eigenvalue weighted by Crippen LogP contribution is -2.25. The number of benzene rings is 2. The minimum atomic E-state index is -0.0536. The third-order valence-electron chi connectivity index (χ3n) is 4.44. The molecule has 0 bridgehead atoms. The summed E-state index contributed by atoms with van der Waals surface area (Å²) in [5.41, 5.74) is 3.02. The molecule has 2 heterocycles. The monoisotopic (exact) mass is 429 g/mol. The molecule has 0 fully saturated rings. The van der Waals surface area contributed by atoms with E-state index in [0.29, 0.717) is 34.4 Å². The van der Waals surface area contributed by atoms with Gasteiger partial charge in [-0.2, -0.15) is 0 Å². The Labute approximate surface area is 176 Å². The molecule has 7 heteroatoms. The van der Waals surface area contributed by atoms with E-state index in [2.05, 4.69) is 9.88 Å². The van der Waals surface area contributed by atoms with Crippen LogP contribution in [0.4, 0.5) is 0 Å². The Morgan fingerprint density at radius 1 is 1.07 bits per heavy atom. The van der Waals surface area contributed by atoms with Crippen LogP contribution in [0.25, 0.3) is 11.0 Å². The molecular formula is C21H17Cl2N3OS. The van der Waals surface area contributed by atoms with Gasteiger partial charge in [-0.05, 0) is 41.3 Å². The Morgan fingerprint density at radius 3 is 2.71 bits per heavy atom. The van der Waals surface area contributed by atoms with Crippen LogP contribution in [0.1, 0.15) is 21.1 Å². The van der Waals surface area contributed by atoms with Gasteiger partial charge in [-0.25, -0.2) is 4.98 Å². The molecule has 2 aromatic carbocycles. The van der Waals surface area contributed by atoms with Crippen molar-refractivity contribution in [3.63, 3.8) is 0 Å². The first-order valence-electron chi connectivity index (χ1n) is 8.81. The number of hydrogen-bond acceptors (Lipinski definition) is 3. The molecule has 4 rings (SSSR count). The summed E-state index contributed by atoms with van der Waals surface area (Å²) in [6.45, 7) is 1.15. The van der Waals surface area contributed by atoms with Gasteiger partial charge in [0.15, 0.2) is 0 Å². The first-order valence-corrected chi connectivity index (χ1v) is 10.4. The second kappa shape index (κ2) is 8.35. The highest BCUT2D eigenvalue weighted by atomic mass is 35.5. The number of thiophene rings is 1. The summed E-state index contributed by atoms with van der Waals surface area (Å²) >= 11 is 13.6. The lowest BCUT2D eigenvalue weighted by Gasteiger charge is -2.11. The number of amides is 1. The molecule has 142 valence electrons. The fourth-order valence-corrected chi connectivity index (χ4v) is 4.06. The van der Waals surface area contributed by atoms with Crippen molar-refractivity contribution in [1.82, 2.24) is 14.9 Å². The second-order valence-corrected chi connectivity index (χ2v) is 8.10. The van der Waals surface area contributed by atoms with Crippen LogP contribution in [0.5, 0.6) is 0 Å². The Hall–Kier alpha value is -2.34. The van der Waals surface area contributed by atoms with Crippen molar-refractivity contribution in [3.8, 4) is 0 Å². The van der Waals surface area contributed by atoms with Crippen LogP contribution in [0.15, 0.2) is 60.0 Å². The zero-order valence-electron chi connectivity index (χ0n) is 14.9. The molecule has 4 nitrogen and oxygen atoms in total. The fraction of sp³-hybridized carbons (Fsp3) is 0.143. The predicted molar refractivity (Wildman–Crippen MR) is 116 cm³/mol. The molecule has 4 aromatic rings. The predicted octanol–water partition coefficient (Wildman–Crippen LogP) is 5.43. The number of fused-ring (bicyclic) bond motifs is 1. The molecule has 0 aliphatic carbocycles.